The molecule has 1 amide bonds. The highest BCUT2D eigenvalue weighted by molar-refractivity contribution is 7.16. The second kappa shape index (κ2) is 10.0. The van der Waals surface area contributed by atoms with E-state index in [4.69, 9.17) is 0 Å². The van der Waals surface area contributed by atoms with E-state index in [0.29, 0.717) is 16.1 Å². The summed E-state index contributed by atoms with van der Waals surface area (Å²) in [6.07, 6.45) is 5.79. The van der Waals surface area contributed by atoms with Gasteiger partial charge in [-0.05, 0) is 69.4 Å². The fourth-order valence-corrected chi connectivity index (χ4v) is 5.38. The van der Waals surface area contributed by atoms with Crippen LogP contribution in [0.1, 0.15) is 53.1 Å². The Bertz CT molecular complexity index is 1120. The van der Waals surface area contributed by atoms with E-state index in [9.17, 15) is 9.90 Å². The van der Waals surface area contributed by atoms with E-state index in [2.05, 4.69) is 29.1 Å². The molecule has 1 aromatic heterocycles. The lowest BCUT2D eigenvalue weighted by molar-refractivity contribution is 0.102. The van der Waals surface area contributed by atoms with Crippen LogP contribution in [0.25, 0.3) is 0 Å². The third-order valence-electron chi connectivity index (χ3n) is 5.87. The minimum Gasteiger partial charge on any atom is -0.507 e. The van der Waals surface area contributed by atoms with Crippen molar-refractivity contribution in [1.82, 2.24) is 0 Å². The molecule has 0 aliphatic heterocycles. The molecule has 2 N–H and O–H groups in total. The predicted octanol–water partition coefficient (Wildman–Crippen LogP) is 6.18. The summed E-state index contributed by atoms with van der Waals surface area (Å²) in [5.41, 5.74) is 4.20. The number of phenolic OH excluding ortho intramolecular Hbond substituents is 1. The van der Waals surface area contributed by atoms with Gasteiger partial charge in [0.25, 0.3) is 5.91 Å². The van der Waals surface area contributed by atoms with Gasteiger partial charge < -0.3 is 15.3 Å². The van der Waals surface area contributed by atoms with Crippen molar-refractivity contribution < 1.29 is 9.90 Å². The molecule has 5 nitrogen and oxygen atoms in total. The molecule has 1 aliphatic rings. The number of nitrogens with one attached hydrogen (secondary N) is 1. The molecule has 1 heterocycles. The van der Waals surface area contributed by atoms with Gasteiger partial charge in [-0.15, -0.1) is 11.3 Å². The van der Waals surface area contributed by atoms with Crippen molar-refractivity contribution in [2.75, 3.05) is 23.3 Å². The third kappa shape index (κ3) is 4.70. The number of anilines is 2. The van der Waals surface area contributed by atoms with Gasteiger partial charge in [0.15, 0.2) is 0 Å². The number of carbonyl (C=O) groups is 1. The topological polar surface area (TPSA) is 64.9 Å². The molecule has 166 valence electrons. The Hall–Kier alpha value is -3.12. The van der Waals surface area contributed by atoms with Gasteiger partial charge in [0.05, 0.1) is 5.56 Å². The molecule has 32 heavy (non-hydrogen) atoms. The normalized spacial score (nSPS) is 13.2. The molecular formula is C26H29N3O2S. The van der Waals surface area contributed by atoms with Gasteiger partial charge in [-0.25, -0.2) is 4.99 Å². The molecule has 0 bridgehead atoms. The van der Waals surface area contributed by atoms with Gasteiger partial charge in [0.2, 0.25) is 0 Å². The van der Waals surface area contributed by atoms with Crippen LogP contribution in [0.2, 0.25) is 0 Å². The standard InChI is InChI=1S/C26H29N3O2S/c1-3-29(4-2)20-15-14-18(22(30)16-20)17-27-26-24(21-12-8-9-13-23(21)32-26)25(31)28-19-10-6-5-7-11-19/h5-7,10-11,14-17,30H,3-4,8-9,12-13H2,1-2H3,(H,28,31)/b27-17+. The highest BCUT2D eigenvalue weighted by Crippen LogP contribution is 2.40. The van der Waals surface area contributed by atoms with Gasteiger partial charge in [-0.3, -0.25) is 4.79 Å². The summed E-state index contributed by atoms with van der Waals surface area (Å²) in [5, 5.41) is 14.3. The molecule has 0 spiro atoms. The number of hydrogen-bond acceptors (Lipinski definition) is 5. The number of para-hydroxylation sites is 1. The third-order valence-corrected chi connectivity index (χ3v) is 7.07. The molecule has 6 heteroatoms. The number of rotatable bonds is 7. The number of phenols is 1. The van der Waals surface area contributed by atoms with Gasteiger partial charge >= 0.3 is 0 Å². The molecule has 4 rings (SSSR count). The second-order valence-electron chi connectivity index (χ2n) is 7.88. The molecule has 0 unspecified atom stereocenters. The maximum Gasteiger partial charge on any atom is 0.259 e. The van der Waals surface area contributed by atoms with E-state index < -0.39 is 0 Å². The van der Waals surface area contributed by atoms with Gasteiger partial charge in [0, 0.05) is 47.2 Å². The summed E-state index contributed by atoms with van der Waals surface area (Å²) >= 11 is 1.59. The lowest BCUT2D eigenvalue weighted by atomic mass is 9.95. The second-order valence-corrected chi connectivity index (χ2v) is 8.97. The Balaban J connectivity index is 1.64. The molecule has 0 radical (unpaired) electrons. The number of aryl methyl sites for hydroxylation is 1. The van der Waals surface area contributed by atoms with Crippen LogP contribution in [0.3, 0.4) is 0 Å². The molecule has 2 aromatic carbocycles. The van der Waals surface area contributed by atoms with Crippen LogP contribution in [0, 0.1) is 0 Å². The van der Waals surface area contributed by atoms with Crippen LogP contribution in [-0.2, 0) is 12.8 Å². The number of aromatic hydroxyl groups is 1. The van der Waals surface area contributed by atoms with Crippen LogP contribution in [-0.4, -0.2) is 30.3 Å². The average molecular weight is 448 g/mol. The smallest absolute Gasteiger partial charge is 0.259 e. The van der Waals surface area contributed by atoms with Crippen molar-refractivity contribution in [3.63, 3.8) is 0 Å². The van der Waals surface area contributed by atoms with Gasteiger partial charge in [0.1, 0.15) is 10.8 Å². The molecular weight excluding hydrogens is 418 g/mol. The first-order valence-corrected chi connectivity index (χ1v) is 12.0. The first-order chi connectivity index (χ1) is 15.6. The number of aliphatic imine (C=N–C) groups is 1. The summed E-state index contributed by atoms with van der Waals surface area (Å²) in [5.74, 6) is 0.0682. The molecule has 3 aromatic rings. The van der Waals surface area contributed by atoms with Crippen LogP contribution in [0.5, 0.6) is 5.75 Å². The Kier molecular flexibility index (Phi) is 6.90. The van der Waals surface area contributed by atoms with Gasteiger partial charge in [-0.2, -0.15) is 0 Å². The summed E-state index contributed by atoms with van der Waals surface area (Å²) in [6, 6.07) is 15.2. The number of nitrogens with zero attached hydrogens (tertiary/aromatic N) is 2. The zero-order valence-corrected chi connectivity index (χ0v) is 19.4. The van der Waals surface area contributed by atoms with Crippen molar-refractivity contribution in [3.05, 3.63) is 70.1 Å². The summed E-state index contributed by atoms with van der Waals surface area (Å²) in [6.45, 7) is 5.95. The lowest BCUT2D eigenvalue weighted by Crippen LogP contribution is -2.21. The fraction of sp³-hybridized carbons (Fsp3) is 0.308. The summed E-state index contributed by atoms with van der Waals surface area (Å²) in [4.78, 5) is 21.3. The fourth-order valence-electron chi connectivity index (χ4n) is 4.15. The SMILES string of the molecule is CCN(CC)c1ccc(/C=N/c2sc3c(c2C(=O)Nc2ccccc2)CCCC3)c(O)c1. The number of benzene rings is 2. The van der Waals surface area contributed by atoms with E-state index in [1.54, 1.807) is 23.6 Å². The minimum absolute atomic E-state index is 0.121. The van der Waals surface area contributed by atoms with Crippen molar-refractivity contribution in [2.45, 2.75) is 39.5 Å². The largest absolute Gasteiger partial charge is 0.507 e. The first kappa shape index (κ1) is 22.1. The van der Waals surface area contributed by atoms with E-state index in [1.807, 2.05) is 42.5 Å². The number of carbonyl (C=O) groups excluding carboxylic acids is 1. The van der Waals surface area contributed by atoms with Crippen molar-refractivity contribution in [2.24, 2.45) is 4.99 Å². The lowest BCUT2D eigenvalue weighted by Gasteiger charge is -2.21. The maximum absolute atomic E-state index is 13.2. The molecule has 1 aliphatic carbocycles. The Morgan fingerprint density at radius 3 is 2.59 bits per heavy atom. The van der Waals surface area contributed by atoms with Crippen LogP contribution < -0.4 is 10.2 Å². The average Bonchev–Trinajstić information content (AvgIpc) is 3.18. The first-order valence-electron chi connectivity index (χ1n) is 11.2. The van der Waals surface area contributed by atoms with E-state index in [0.717, 1.165) is 55.7 Å². The zero-order chi connectivity index (χ0) is 22.5. The van der Waals surface area contributed by atoms with E-state index in [-0.39, 0.29) is 11.7 Å². The molecule has 0 atom stereocenters. The van der Waals surface area contributed by atoms with Crippen molar-refractivity contribution in [3.8, 4) is 5.75 Å². The van der Waals surface area contributed by atoms with Crippen molar-refractivity contribution >= 4 is 39.8 Å². The minimum atomic E-state index is -0.121. The number of fused-ring (bicyclic) bond motifs is 1. The Labute approximate surface area is 193 Å². The number of thiophene rings is 1. The Morgan fingerprint density at radius 2 is 1.88 bits per heavy atom. The molecule has 0 saturated carbocycles. The summed E-state index contributed by atoms with van der Waals surface area (Å²) in [7, 11) is 0. The highest BCUT2D eigenvalue weighted by atomic mass is 32.1. The predicted molar refractivity (Wildman–Crippen MR) is 134 cm³/mol. The highest BCUT2D eigenvalue weighted by Gasteiger charge is 2.25. The Morgan fingerprint density at radius 1 is 1.12 bits per heavy atom. The van der Waals surface area contributed by atoms with Crippen LogP contribution in [0.15, 0.2) is 53.5 Å². The summed E-state index contributed by atoms with van der Waals surface area (Å²) < 4.78 is 0. The van der Waals surface area contributed by atoms with E-state index in [1.165, 1.54) is 4.88 Å². The zero-order valence-electron chi connectivity index (χ0n) is 18.6. The monoisotopic (exact) mass is 447 g/mol. The van der Waals surface area contributed by atoms with E-state index >= 15 is 0 Å². The van der Waals surface area contributed by atoms with Gasteiger partial charge in [-0.1, -0.05) is 18.2 Å². The maximum atomic E-state index is 13.2. The van der Waals surface area contributed by atoms with Crippen molar-refractivity contribution in [1.29, 1.82) is 0 Å². The van der Waals surface area contributed by atoms with Crippen LogP contribution in [0.4, 0.5) is 16.4 Å². The molecule has 0 fully saturated rings. The molecule has 0 saturated heterocycles. The number of hydrogen-bond donors (Lipinski definition) is 2. The van der Waals surface area contributed by atoms with Crippen LogP contribution >= 0.6 is 11.3 Å². The number of amides is 1. The quantitative estimate of drug-likeness (QED) is 0.425.